The fraction of sp³-hybridized carbons (Fsp3) is 0.538. The Labute approximate surface area is 96.1 Å². The molecule has 1 aliphatic rings. The summed E-state index contributed by atoms with van der Waals surface area (Å²) in [6.07, 6.45) is 1.48. The Morgan fingerprint density at radius 3 is 2.75 bits per heavy atom. The molecule has 0 radical (unpaired) electrons. The molecule has 16 heavy (non-hydrogen) atoms. The van der Waals surface area contributed by atoms with Gasteiger partial charge >= 0.3 is 0 Å². The molecular weight excluding hydrogens is 202 g/mol. The third kappa shape index (κ3) is 2.36. The molecule has 1 aliphatic heterocycles. The van der Waals surface area contributed by atoms with Crippen molar-refractivity contribution in [1.29, 1.82) is 0 Å². The smallest absolute Gasteiger partial charge is 0.115 e. The van der Waals surface area contributed by atoms with Gasteiger partial charge in [0.15, 0.2) is 0 Å². The number of aliphatic hydroxyl groups is 1. The first-order valence-corrected chi connectivity index (χ1v) is 5.73. The van der Waals surface area contributed by atoms with Crippen molar-refractivity contribution in [3.8, 4) is 5.75 Å². The van der Waals surface area contributed by atoms with E-state index in [0.717, 1.165) is 18.4 Å². The summed E-state index contributed by atoms with van der Waals surface area (Å²) in [4.78, 5) is 0. The topological polar surface area (TPSA) is 52.5 Å². The van der Waals surface area contributed by atoms with Gasteiger partial charge in [0.05, 0.1) is 6.10 Å². The van der Waals surface area contributed by atoms with E-state index in [4.69, 9.17) is 0 Å². The van der Waals surface area contributed by atoms with Crippen LogP contribution < -0.4 is 5.32 Å². The van der Waals surface area contributed by atoms with E-state index < -0.39 is 6.10 Å². The summed E-state index contributed by atoms with van der Waals surface area (Å²) in [7, 11) is 0. The summed E-state index contributed by atoms with van der Waals surface area (Å²) >= 11 is 0. The van der Waals surface area contributed by atoms with E-state index in [2.05, 4.69) is 19.2 Å². The van der Waals surface area contributed by atoms with Crippen molar-refractivity contribution in [3.05, 3.63) is 29.8 Å². The van der Waals surface area contributed by atoms with Gasteiger partial charge in [-0.15, -0.1) is 0 Å². The molecule has 1 aromatic carbocycles. The summed E-state index contributed by atoms with van der Waals surface area (Å²) < 4.78 is 0. The molecule has 1 aromatic rings. The highest BCUT2D eigenvalue weighted by atomic mass is 16.3. The van der Waals surface area contributed by atoms with Crippen molar-refractivity contribution in [1.82, 2.24) is 5.32 Å². The molecule has 0 bridgehead atoms. The zero-order chi connectivity index (χ0) is 11.8. The number of aliphatic hydroxyl groups excluding tert-OH is 1. The van der Waals surface area contributed by atoms with Crippen molar-refractivity contribution >= 4 is 0 Å². The Morgan fingerprint density at radius 1 is 1.44 bits per heavy atom. The van der Waals surface area contributed by atoms with Crippen LogP contribution in [0.5, 0.6) is 5.75 Å². The molecule has 0 saturated carbocycles. The Balaban J connectivity index is 2.11. The second-order valence-corrected chi connectivity index (χ2v) is 5.21. The number of phenolic OH excluding ortho intramolecular Hbond substituents is 1. The molecule has 0 unspecified atom stereocenters. The highest BCUT2D eigenvalue weighted by Crippen LogP contribution is 2.31. The van der Waals surface area contributed by atoms with Crippen LogP contribution >= 0.6 is 0 Å². The van der Waals surface area contributed by atoms with Gasteiger partial charge in [-0.3, -0.25) is 0 Å². The van der Waals surface area contributed by atoms with Crippen LogP contribution in [-0.4, -0.2) is 21.8 Å². The summed E-state index contributed by atoms with van der Waals surface area (Å²) in [5.74, 6) is 0.203. The fourth-order valence-electron chi connectivity index (χ4n) is 2.34. The van der Waals surface area contributed by atoms with E-state index in [-0.39, 0.29) is 17.3 Å². The van der Waals surface area contributed by atoms with E-state index in [1.165, 1.54) is 0 Å². The van der Waals surface area contributed by atoms with Gasteiger partial charge < -0.3 is 15.5 Å². The minimum atomic E-state index is -0.547. The molecule has 0 spiro atoms. The number of rotatable bonds is 2. The lowest BCUT2D eigenvalue weighted by molar-refractivity contribution is 0.131. The van der Waals surface area contributed by atoms with Crippen LogP contribution in [0.3, 0.4) is 0 Å². The predicted molar refractivity (Wildman–Crippen MR) is 63.3 cm³/mol. The minimum absolute atomic E-state index is 0.0804. The maximum atomic E-state index is 10.2. The summed E-state index contributed by atoms with van der Waals surface area (Å²) in [6.45, 7) is 4.28. The summed E-state index contributed by atoms with van der Waals surface area (Å²) in [6, 6.07) is 6.92. The zero-order valence-corrected chi connectivity index (χ0v) is 9.77. The number of aromatic hydroxyl groups is 1. The van der Waals surface area contributed by atoms with Gasteiger partial charge in [-0.25, -0.2) is 0 Å². The molecule has 1 heterocycles. The average molecular weight is 221 g/mol. The van der Waals surface area contributed by atoms with Gasteiger partial charge in [-0.2, -0.15) is 0 Å². The first-order chi connectivity index (χ1) is 7.48. The number of nitrogens with one attached hydrogen (secondary N) is 1. The van der Waals surface area contributed by atoms with Crippen molar-refractivity contribution in [2.75, 3.05) is 0 Å². The first kappa shape index (κ1) is 11.4. The van der Waals surface area contributed by atoms with Crippen LogP contribution in [-0.2, 0) is 0 Å². The van der Waals surface area contributed by atoms with E-state index in [1.54, 1.807) is 18.2 Å². The van der Waals surface area contributed by atoms with Gasteiger partial charge in [0.2, 0.25) is 0 Å². The highest BCUT2D eigenvalue weighted by Gasteiger charge is 2.34. The Hall–Kier alpha value is -1.06. The van der Waals surface area contributed by atoms with Gasteiger partial charge in [-0.05, 0) is 44.4 Å². The highest BCUT2D eigenvalue weighted by molar-refractivity contribution is 5.29. The van der Waals surface area contributed by atoms with Crippen molar-refractivity contribution < 1.29 is 10.2 Å². The lowest BCUT2D eigenvalue weighted by atomic mass is 10.00. The molecule has 1 saturated heterocycles. The van der Waals surface area contributed by atoms with Gasteiger partial charge in [0.1, 0.15) is 5.75 Å². The van der Waals surface area contributed by atoms with Crippen LogP contribution in [0.1, 0.15) is 38.4 Å². The minimum Gasteiger partial charge on any atom is -0.508 e. The molecule has 3 heteroatoms. The lowest BCUT2D eigenvalue weighted by Crippen LogP contribution is -2.40. The average Bonchev–Trinajstić information content (AvgIpc) is 2.58. The lowest BCUT2D eigenvalue weighted by Gasteiger charge is -2.24. The third-order valence-electron chi connectivity index (χ3n) is 3.25. The summed E-state index contributed by atoms with van der Waals surface area (Å²) in [5, 5.41) is 23.0. The van der Waals surface area contributed by atoms with Crippen LogP contribution in [0.4, 0.5) is 0 Å². The van der Waals surface area contributed by atoms with Gasteiger partial charge in [-0.1, -0.05) is 12.1 Å². The summed E-state index contributed by atoms with van der Waals surface area (Å²) in [5.41, 5.74) is 0.873. The molecule has 1 fully saturated rings. The molecule has 0 aliphatic carbocycles. The zero-order valence-electron chi connectivity index (χ0n) is 9.77. The number of phenols is 1. The Bertz CT molecular complexity index is 376. The molecule has 2 rings (SSSR count). The maximum Gasteiger partial charge on any atom is 0.115 e. The third-order valence-corrected chi connectivity index (χ3v) is 3.25. The van der Waals surface area contributed by atoms with Crippen molar-refractivity contribution in [2.45, 2.75) is 44.4 Å². The Kier molecular flexibility index (Phi) is 2.91. The quantitative estimate of drug-likeness (QED) is 0.715. The number of hydrogen-bond acceptors (Lipinski definition) is 3. The van der Waals surface area contributed by atoms with Crippen molar-refractivity contribution in [3.63, 3.8) is 0 Å². The number of hydrogen-bond donors (Lipinski definition) is 3. The maximum absolute atomic E-state index is 10.2. The van der Waals surface area contributed by atoms with Crippen LogP contribution in [0.15, 0.2) is 24.3 Å². The Morgan fingerprint density at radius 2 is 2.19 bits per heavy atom. The van der Waals surface area contributed by atoms with E-state index in [0.29, 0.717) is 0 Å². The molecule has 88 valence electrons. The van der Waals surface area contributed by atoms with E-state index >= 15 is 0 Å². The monoisotopic (exact) mass is 221 g/mol. The van der Waals surface area contributed by atoms with Crippen LogP contribution in [0.2, 0.25) is 0 Å². The molecule has 0 aromatic heterocycles. The van der Waals surface area contributed by atoms with Crippen molar-refractivity contribution in [2.24, 2.45) is 0 Å². The van der Waals surface area contributed by atoms with Gasteiger partial charge in [0, 0.05) is 11.6 Å². The standard InChI is InChI=1S/C13H19NO2/c1-13(2)7-6-11(14-13)12(16)9-4-3-5-10(15)8-9/h3-5,8,11-12,14-16H,6-7H2,1-2H3/t11-,12+/m1/s1. The first-order valence-electron chi connectivity index (χ1n) is 5.73. The fourth-order valence-corrected chi connectivity index (χ4v) is 2.34. The molecule has 3 nitrogen and oxygen atoms in total. The SMILES string of the molecule is CC1(C)CC[C@H]([C@@H](O)c2cccc(O)c2)N1. The normalized spacial score (nSPS) is 25.6. The molecule has 0 amide bonds. The van der Waals surface area contributed by atoms with Crippen LogP contribution in [0, 0.1) is 0 Å². The molecule has 3 N–H and O–H groups in total. The van der Waals surface area contributed by atoms with Crippen LogP contribution in [0.25, 0.3) is 0 Å². The predicted octanol–water partition coefficient (Wildman–Crippen LogP) is 1.96. The molecular formula is C13H19NO2. The number of benzene rings is 1. The second-order valence-electron chi connectivity index (χ2n) is 5.21. The van der Waals surface area contributed by atoms with Gasteiger partial charge in [0.25, 0.3) is 0 Å². The molecule has 2 atom stereocenters. The second kappa shape index (κ2) is 4.07. The van der Waals surface area contributed by atoms with E-state index in [1.807, 2.05) is 6.07 Å². The largest absolute Gasteiger partial charge is 0.508 e. The van der Waals surface area contributed by atoms with E-state index in [9.17, 15) is 10.2 Å².